The zero-order valence-electron chi connectivity index (χ0n) is 19.3. The maximum atomic E-state index is 12.8. The second-order valence-corrected chi connectivity index (χ2v) is 10.7. The number of aromatic nitrogens is 3. The molecule has 1 atom stereocenters. The van der Waals surface area contributed by atoms with Crippen LogP contribution in [0.5, 0.6) is 11.5 Å². The van der Waals surface area contributed by atoms with Gasteiger partial charge in [-0.3, -0.25) is 4.79 Å². The zero-order chi connectivity index (χ0) is 25.0. The maximum Gasteiger partial charge on any atom is 0.228 e. The van der Waals surface area contributed by atoms with E-state index in [1.54, 1.807) is 26.5 Å². The standard InChI is InChI=1S/C23H27Cl3N6O3/c1-34-15-10-14(11-16(12-15)35-2)28-19-17-8-9-27-18(17)29-22(30-19)32-21(23(24,25)26)31-20(33)13-6-4-3-5-7-13/h8-13,21H,3-7H2,1-2H3,(H,31,33)(H3,27,28,29,30,32). The first kappa shape index (κ1) is 25.5. The third-order valence-electron chi connectivity index (χ3n) is 5.89. The van der Waals surface area contributed by atoms with Gasteiger partial charge in [0.25, 0.3) is 0 Å². The molecule has 1 amide bonds. The second-order valence-electron chi connectivity index (χ2n) is 8.32. The van der Waals surface area contributed by atoms with Crippen molar-refractivity contribution < 1.29 is 14.3 Å². The average molecular weight is 542 g/mol. The largest absolute Gasteiger partial charge is 0.497 e. The molecule has 1 aromatic carbocycles. The van der Waals surface area contributed by atoms with Gasteiger partial charge in [-0.05, 0) is 18.9 Å². The molecule has 9 nitrogen and oxygen atoms in total. The van der Waals surface area contributed by atoms with Crippen LogP contribution in [0, 0.1) is 5.92 Å². The molecule has 1 unspecified atom stereocenters. The highest BCUT2D eigenvalue weighted by Crippen LogP contribution is 2.34. The summed E-state index contributed by atoms with van der Waals surface area (Å²) < 4.78 is 8.86. The smallest absolute Gasteiger partial charge is 0.228 e. The second kappa shape index (κ2) is 11.0. The predicted octanol–water partition coefficient (Wildman–Crippen LogP) is 5.52. The molecule has 0 aliphatic heterocycles. The Morgan fingerprint density at radius 1 is 1.09 bits per heavy atom. The summed E-state index contributed by atoms with van der Waals surface area (Å²) in [7, 11) is 3.15. The van der Waals surface area contributed by atoms with Crippen LogP contribution in [0.4, 0.5) is 17.5 Å². The number of carbonyl (C=O) groups is 1. The van der Waals surface area contributed by atoms with E-state index in [4.69, 9.17) is 44.3 Å². The van der Waals surface area contributed by atoms with E-state index < -0.39 is 9.96 Å². The summed E-state index contributed by atoms with van der Waals surface area (Å²) in [6.07, 6.45) is 5.51. The molecule has 0 bridgehead atoms. The van der Waals surface area contributed by atoms with E-state index in [0.717, 1.165) is 37.5 Å². The predicted molar refractivity (Wildman–Crippen MR) is 139 cm³/mol. The minimum atomic E-state index is -1.84. The van der Waals surface area contributed by atoms with E-state index in [1.165, 1.54) is 0 Å². The van der Waals surface area contributed by atoms with E-state index in [1.807, 2.05) is 18.2 Å². The lowest BCUT2D eigenvalue weighted by molar-refractivity contribution is -0.126. The topological polar surface area (TPSA) is 113 Å². The molecule has 0 saturated heterocycles. The van der Waals surface area contributed by atoms with Crippen LogP contribution in [-0.2, 0) is 4.79 Å². The number of aromatic amines is 1. The first-order valence-electron chi connectivity index (χ1n) is 11.3. The fraction of sp³-hybridized carbons (Fsp3) is 0.435. The molecule has 4 rings (SSSR count). The van der Waals surface area contributed by atoms with Crippen LogP contribution in [0.3, 0.4) is 0 Å². The minimum absolute atomic E-state index is 0.104. The van der Waals surface area contributed by atoms with Crippen LogP contribution >= 0.6 is 34.8 Å². The number of nitrogens with one attached hydrogen (secondary N) is 4. The minimum Gasteiger partial charge on any atom is -0.497 e. The van der Waals surface area contributed by atoms with Gasteiger partial charge in [0.05, 0.1) is 19.6 Å². The van der Waals surface area contributed by atoms with Crippen molar-refractivity contribution in [3.8, 4) is 11.5 Å². The molecule has 1 saturated carbocycles. The number of anilines is 3. The van der Waals surface area contributed by atoms with Crippen LogP contribution in [0.1, 0.15) is 32.1 Å². The first-order valence-corrected chi connectivity index (χ1v) is 12.4. The molecular formula is C23H27Cl3N6O3. The number of ether oxygens (including phenoxy) is 2. The summed E-state index contributed by atoms with van der Waals surface area (Å²) in [5.41, 5.74) is 1.25. The number of rotatable bonds is 8. The quantitative estimate of drug-likeness (QED) is 0.219. The molecule has 1 fully saturated rings. The van der Waals surface area contributed by atoms with Gasteiger partial charge in [-0.25, -0.2) is 0 Å². The van der Waals surface area contributed by atoms with Crippen molar-refractivity contribution in [2.75, 3.05) is 24.9 Å². The van der Waals surface area contributed by atoms with Crippen LogP contribution in [-0.4, -0.2) is 45.0 Å². The number of halogens is 3. The molecular weight excluding hydrogens is 515 g/mol. The fourth-order valence-corrected chi connectivity index (χ4v) is 4.40. The van der Waals surface area contributed by atoms with E-state index in [2.05, 4.69) is 30.9 Å². The molecule has 2 aromatic heterocycles. The highest BCUT2D eigenvalue weighted by molar-refractivity contribution is 6.68. The van der Waals surface area contributed by atoms with Crippen LogP contribution in [0.15, 0.2) is 30.5 Å². The maximum absolute atomic E-state index is 12.8. The van der Waals surface area contributed by atoms with Crippen molar-refractivity contribution in [1.82, 2.24) is 20.3 Å². The Labute approximate surface area is 218 Å². The number of alkyl halides is 3. The Hall–Kier alpha value is -2.62. The number of methoxy groups -OCH3 is 2. The highest BCUT2D eigenvalue weighted by Gasteiger charge is 2.36. The number of carbonyl (C=O) groups excluding carboxylic acids is 1. The summed E-state index contributed by atoms with van der Waals surface area (Å²) in [6.45, 7) is 0. The van der Waals surface area contributed by atoms with Gasteiger partial charge < -0.3 is 30.4 Å². The van der Waals surface area contributed by atoms with Crippen molar-refractivity contribution >= 4 is 69.2 Å². The summed E-state index contributed by atoms with van der Waals surface area (Å²) >= 11 is 18.6. The van der Waals surface area contributed by atoms with E-state index in [-0.39, 0.29) is 17.8 Å². The average Bonchev–Trinajstić information content (AvgIpc) is 3.32. The third kappa shape index (κ3) is 6.34. The van der Waals surface area contributed by atoms with Gasteiger partial charge >= 0.3 is 0 Å². The zero-order valence-corrected chi connectivity index (χ0v) is 21.6. The third-order valence-corrected chi connectivity index (χ3v) is 6.55. The molecule has 4 N–H and O–H groups in total. The lowest BCUT2D eigenvalue weighted by Gasteiger charge is -2.29. The molecule has 3 aromatic rings. The van der Waals surface area contributed by atoms with Crippen LogP contribution < -0.4 is 25.4 Å². The van der Waals surface area contributed by atoms with Gasteiger partial charge in [-0.1, -0.05) is 54.1 Å². The molecule has 2 heterocycles. The van der Waals surface area contributed by atoms with Crippen LogP contribution in [0.25, 0.3) is 11.0 Å². The number of benzene rings is 1. The molecule has 35 heavy (non-hydrogen) atoms. The number of hydrogen-bond acceptors (Lipinski definition) is 7. The Balaban J connectivity index is 1.61. The Kier molecular flexibility index (Phi) is 7.98. The lowest BCUT2D eigenvalue weighted by atomic mass is 9.88. The normalized spacial score (nSPS) is 15.5. The van der Waals surface area contributed by atoms with Gasteiger partial charge in [0.15, 0.2) is 0 Å². The molecule has 0 spiro atoms. The monoisotopic (exact) mass is 540 g/mol. The fourth-order valence-electron chi connectivity index (χ4n) is 4.07. The van der Waals surface area contributed by atoms with Crippen molar-refractivity contribution in [3.63, 3.8) is 0 Å². The number of fused-ring (bicyclic) bond motifs is 1. The SMILES string of the molecule is COc1cc(Nc2nc(NC(NC(=O)C3CCCCC3)C(Cl)(Cl)Cl)nc3[nH]ccc23)cc(OC)c1. The number of H-pyrrole nitrogens is 1. The van der Waals surface area contributed by atoms with E-state index >= 15 is 0 Å². The summed E-state index contributed by atoms with van der Waals surface area (Å²) in [5, 5.41) is 9.82. The molecule has 1 aliphatic carbocycles. The highest BCUT2D eigenvalue weighted by atomic mass is 35.6. The summed E-state index contributed by atoms with van der Waals surface area (Å²) in [5.74, 6) is 1.63. The van der Waals surface area contributed by atoms with E-state index in [0.29, 0.717) is 28.7 Å². The molecule has 188 valence electrons. The number of amides is 1. The van der Waals surface area contributed by atoms with Gasteiger partial charge in [0, 0.05) is 36.0 Å². The first-order chi connectivity index (χ1) is 16.8. The van der Waals surface area contributed by atoms with Crippen molar-refractivity contribution in [3.05, 3.63) is 30.5 Å². The van der Waals surface area contributed by atoms with Crippen molar-refractivity contribution in [2.24, 2.45) is 5.92 Å². The van der Waals surface area contributed by atoms with E-state index in [9.17, 15) is 4.79 Å². The molecule has 1 aliphatic rings. The number of hydrogen-bond donors (Lipinski definition) is 4. The van der Waals surface area contributed by atoms with Crippen molar-refractivity contribution in [1.29, 1.82) is 0 Å². The summed E-state index contributed by atoms with van der Waals surface area (Å²) in [4.78, 5) is 25.0. The van der Waals surface area contributed by atoms with Crippen LogP contribution in [0.2, 0.25) is 0 Å². The Morgan fingerprint density at radius 3 is 2.40 bits per heavy atom. The van der Waals surface area contributed by atoms with Crippen molar-refractivity contribution in [2.45, 2.75) is 42.1 Å². The molecule has 12 heteroatoms. The lowest BCUT2D eigenvalue weighted by Crippen LogP contribution is -2.51. The Bertz CT molecular complexity index is 1150. The Morgan fingerprint density at radius 2 is 1.77 bits per heavy atom. The number of nitrogens with zero attached hydrogens (tertiary/aromatic N) is 2. The molecule has 0 radical (unpaired) electrons. The summed E-state index contributed by atoms with van der Waals surface area (Å²) in [6, 6.07) is 7.23. The van der Waals surface area contributed by atoms with Gasteiger partial charge in [-0.2, -0.15) is 9.97 Å². The van der Waals surface area contributed by atoms with Gasteiger partial charge in [-0.15, -0.1) is 0 Å². The van der Waals surface area contributed by atoms with Gasteiger partial charge in [0.1, 0.15) is 29.1 Å². The van der Waals surface area contributed by atoms with Gasteiger partial charge in [0.2, 0.25) is 15.6 Å².